The lowest BCUT2D eigenvalue weighted by Gasteiger charge is -2.30. The van der Waals surface area contributed by atoms with Gasteiger partial charge >= 0.3 is 0 Å². The molecule has 0 aromatic heterocycles. The Morgan fingerprint density at radius 3 is 2.53 bits per heavy atom. The lowest BCUT2D eigenvalue weighted by molar-refractivity contribution is 0.173. The van der Waals surface area contributed by atoms with E-state index in [4.69, 9.17) is 4.74 Å². The van der Waals surface area contributed by atoms with Crippen molar-refractivity contribution in [2.45, 2.75) is 58.4 Å². The molecule has 0 aromatic rings. The predicted molar refractivity (Wildman–Crippen MR) is 82.6 cm³/mol. The van der Waals surface area contributed by atoms with Crippen LogP contribution >= 0.6 is 0 Å². The Morgan fingerprint density at radius 1 is 1.16 bits per heavy atom. The molecule has 1 aliphatic rings. The zero-order chi connectivity index (χ0) is 13.9. The van der Waals surface area contributed by atoms with Gasteiger partial charge in [-0.05, 0) is 44.7 Å². The third kappa shape index (κ3) is 7.91. The number of ether oxygens (including phenoxy) is 1. The van der Waals surface area contributed by atoms with E-state index in [9.17, 15) is 0 Å². The molecule has 1 fully saturated rings. The molecule has 0 bridgehead atoms. The van der Waals surface area contributed by atoms with Gasteiger partial charge in [-0.2, -0.15) is 0 Å². The predicted octanol–water partition coefficient (Wildman–Crippen LogP) is 2.90. The summed E-state index contributed by atoms with van der Waals surface area (Å²) < 4.78 is 5.03. The van der Waals surface area contributed by atoms with E-state index in [-0.39, 0.29) is 0 Å². The molecule has 1 rings (SSSR count). The maximum Gasteiger partial charge on any atom is 0.0587 e. The van der Waals surface area contributed by atoms with Crippen LogP contribution in [-0.2, 0) is 4.74 Å². The maximum atomic E-state index is 5.03. The number of hydrogen-bond donors (Lipinski definition) is 1. The van der Waals surface area contributed by atoms with Crippen molar-refractivity contribution in [1.29, 1.82) is 0 Å². The Kier molecular flexibility index (Phi) is 9.48. The Labute approximate surface area is 120 Å². The van der Waals surface area contributed by atoms with Crippen LogP contribution in [0.15, 0.2) is 0 Å². The van der Waals surface area contributed by atoms with Crippen molar-refractivity contribution in [2.24, 2.45) is 5.92 Å². The third-order valence-electron chi connectivity index (χ3n) is 3.97. The van der Waals surface area contributed by atoms with Gasteiger partial charge in [0, 0.05) is 26.2 Å². The Hall–Kier alpha value is -0.120. The summed E-state index contributed by atoms with van der Waals surface area (Å²) in [6.07, 6.45) is 8.35. The molecule has 3 nitrogen and oxygen atoms in total. The summed E-state index contributed by atoms with van der Waals surface area (Å²) in [7, 11) is 1.76. The summed E-state index contributed by atoms with van der Waals surface area (Å²) in [4.78, 5) is 2.76. The van der Waals surface area contributed by atoms with E-state index in [2.05, 4.69) is 24.1 Å². The average molecular weight is 270 g/mol. The SMILES string of the molecule is COCCNCCCCN(CC(C)C)C1CCCC1. The summed E-state index contributed by atoms with van der Waals surface area (Å²) in [6.45, 7) is 10.2. The summed E-state index contributed by atoms with van der Waals surface area (Å²) in [5.74, 6) is 0.792. The number of unbranched alkanes of at least 4 members (excludes halogenated alkanes) is 1. The normalized spacial score (nSPS) is 16.9. The standard InChI is InChI=1S/C16H34N2O/c1-15(2)14-18(16-8-4-5-9-16)12-7-6-10-17-11-13-19-3/h15-17H,4-14H2,1-3H3. The van der Waals surface area contributed by atoms with E-state index < -0.39 is 0 Å². The second-order valence-electron chi connectivity index (χ2n) is 6.28. The molecule has 1 aliphatic carbocycles. The van der Waals surface area contributed by atoms with Crippen LogP contribution in [0.4, 0.5) is 0 Å². The molecule has 0 radical (unpaired) electrons. The van der Waals surface area contributed by atoms with Crippen LogP contribution in [0.1, 0.15) is 52.4 Å². The van der Waals surface area contributed by atoms with E-state index in [0.717, 1.165) is 31.7 Å². The monoisotopic (exact) mass is 270 g/mol. The summed E-state index contributed by atoms with van der Waals surface area (Å²) in [5, 5.41) is 3.43. The van der Waals surface area contributed by atoms with E-state index in [1.54, 1.807) is 7.11 Å². The average Bonchev–Trinajstić information content (AvgIpc) is 2.89. The second-order valence-corrected chi connectivity index (χ2v) is 6.28. The maximum absolute atomic E-state index is 5.03. The first-order chi connectivity index (χ1) is 9.24. The zero-order valence-corrected chi connectivity index (χ0v) is 13.3. The molecule has 0 atom stereocenters. The van der Waals surface area contributed by atoms with Crippen LogP contribution in [0, 0.1) is 5.92 Å². The second kappa shape index (κ2) is 10.6. The molecule has 114 valence electrons. The van der Waals surface area contributed by atoms with E-state index in [0.29, 0.717) is 0 Å². The van der Waals surface area contributed by atoms with Gasteiger partial charge in [0.1, 0.15) is 0 Å². The molecular formula is C16H34N2O. The molecule has 19 heavy (non-hydrogen) atoms. The minimum Gasteiger partial charge on any atom is -0.383 e. The van der Waals surface area contributed by atoms with Crippen LogP contribution in [0.25, 0.3) is 0 Å². The molecule has 1 N–H and O–H groups in total. The molecule has 0 aliphatic heterocycles. The lowest BCUT2D eigenvalue weighted by atomic mass is 10.1. The number of methoxy groups -OCH3 is 1. The van der Waals surface area contributed by atoms with Crippen molar-refractivity contribution in [3.05, 3.63) is 0 Å². The number of hydrogen-bond acceptors (Lipinski definition) is 3. The summed E-state index contributed by atoms with van der Waals surface area (Å²) >= 11 is 0. The van der Waals surface area contributed by atoms with Gasteiger partial charge in [-0.3, -0.25) is 0 Å². The smallest absolute Gasteiger partial charge is 0.0587 e. The molecule has 0 saturated heterocycles. The van der Waals surface area contributed by atoms with Crippen molar-refractivity contribution in [2.75, 3.05) is 39.9 Å². The van der Waals surface area contributed by atoms with Gasteiger partial charge in [0.2, 0.25) is 0 Å². The quantitative estimate of drug-likeness (QED) is 0.584. The van der Waals surface area contributed by atoms with E-state index >= 15 is 0 Å². The topological polar surface area (TPSA) is 24.5 Å². The van der Waals surface area contributed by atoms with Crippen LogP contribution in [0.5, 0.6) is 0 Å². The number of nitrogens with one attached hydrogen (secondary N) is 1. The van der Waals surface area contributed by atoms with Crippen molar-refractivity contribution >= 4 is 0 Å². The molecule has 0 amide bonds. The fourth-order valence-electron chi connectivity index (χ4n) is 3.03. The highest BCUT2D eigenvalue weighted by Crippen LogP contribution is 2.24. The number of rotatable bonds is 11. The van der Waals surface area contributed by atoms with Crippen LogP contribution < -0.4 is 5.32 Å². The van der Waals surface area contributed by atoms with Gasteiger partial charge in [0.25, 0.3) is 0 Å². The van der Waals surface area contributed by atoms with E-state index in [1.165, 1.54) is 51.6 Å². The van der Waals surface area contributed by atoms with Gasteiger partial charge in [-0.1, -0.05) is 26.7 Å². The fraction of sp³-hybridized carbons (Fsp3) is 1.00. The van der Waals surface area contributed by atoms with Crippen LogP contribution in [0.3, 0.4) is 0 Å². The first-order valence-electron chi connectivity index (χ1n) is 8.17. The first kappa shape index (κ1) is 16.9. The van der Waals surface area contributed by atoms with Gasteiger partial charge in [0.05, 0.1) is 6.61 Å². The highest BCUT2D eigenvalue weighted by atomic mass is 16.5. The summed E-state index contributed by atoms with van der Waals surface area (Å²) in [6, 6.07) is 0.879. The largest absolute Gasteiger partial charge is 0.383 e. The van der Waals surface area contributed by atoms with Crippen molar-refractivity contribution < 1.29 is 4.74 Å². The van der Waals surface area contributed by atoms with Crippen LogP contribution in [-0.4, -0.2) is 50.8 Å². The molecule has 0 spiro atoms. The van der Waals surface area contributed by atoms with Crippen molar-refractivity contribution in [3.63, 3.8) is 0 Å². The van der Waals surface area contributed by atoms with Crippen LogP contribution in [0.2, 0.25) is 0 Å². The lowest BCUT2D eigenvalue weighted by Crippen LogP contribution is -2.37. The van der Waals surface area contributed by atoms with Gasteiger partial charge < -0.3 is 15.0 Å². The first-order valence-corrected chi connectivity index (χ1v) is 8.17. The zero-order valence-electron chi connectivity index (χ0n) is 13.3. The fourth-order valence-corrected chi connectivity index (χ4v) is 3.03. The number of nitrogens with zero attached hydrogens (tertiary/aromatic N) is 1. The van der Waals surface area contributed by atoms with Crippen molar-refractivity contribution in [1.82, 2.24) is 10.2 Å². The Morgan fingerprint density at radius 2 is 1.89 bits per heavy atom. The molecule has 0 heterocycles. The Balaban J connectivity index is 2.10. The molecule has 3 heteroatoms. The van der Waals surface area contributed by atoms with E-state index in [1.807, 2.05) is 0 Å². The van der Waals surface area contributed by atoms with Gasteiger partial charge in [0.15, 0.2) is 0 Å². The van der Waals surface area contributed by atoms with Crippen molar-refractivity contribution in [3.8, 4) is 0 Å². The molecule has 0 unspecified atom stereocenters. The minimum absolute atomic E-state index is 0.792. The highest BCUT2D eigenvalue weighted by molar-refractivity contribution is 4.78. The van der Waals surface area contributed by atoms with Gasteiger partial charge in [-0.15, -0.1) is 0 Å². The minimum atomic E-state index is 0.792. The Bertz CT molecular complexity index is 203. The molecule has 0 aromatic carbocycles. The molecular weight excluding hydrogens is 236 g/mol. The van der Waals surface area contributed by atoms with Gasteiger partial charge in [-0.25, -0.2) is 0 Å². The highest BCUT2D eigenvalue weighted by Gasteiger charge is 2.22. The summed E-state index contributed by atoms with van der Waals surface area (Å²) in [5.41, 5.74) is 0. The molecule has 1 saturated carbocycles. The third-order valence-corrected chi connectivity index (χ3v) is 3.97.